The molecular weight excluding hydrogens is 294 g/mol. The second-order valence-electron chi connectivity index (χ2n) is 4.20. The Bertz CT molecular complexity index is 516. The Morgan fingerprint density at radius 2 is 2.22 bits per heavy atom. The molecule has 1 N–H and O–H groups in total. The van der Waals surface area contributed by atoms with Gasteiger partial charge in [0, 0.05) is 19.8 Å². The van der Waals surface area contributed by atoms with Gasteiger partial charge in [0.15, 0.2) is 0 Å². The zero-order valence-electron chi connectivity index (χ0n) is 10.9. The van der Waals surface area contributed by atoms with E-state index in [2.05, 4.69) is 38.4 Å². The zero-order chi connectivity index (χ0) is 13.1. The first-order chi connectivity index (χ1) is 8.69. The Balaban J connectivity index is 2.45. The fourth-order valence-electron chi connectivity index (χ4n) is 2.14. The third-order valence-corrected chi connectivity index (χ3v) is 3.60. The molecule has 0 radical (unpaired) electrons. The van der Waals surface area contributed by atoms with Gasteiger partial charge in [-0.15, -0.1) is 0 Å². The normalized spacial score (nSPS) is 12.9. The quantitative estimate of drug-likeness (QED) is 0.920. The molecule has 1 atom stereocenters. The van der Waals surface area contributed by atoms with Crippen molar-refractivity contribution in [2.45, 2.75) is 25.9 Å². The number of hydrogen-bond acceptors (Lipinski definition) is 3. The predicted molar refractivity (Wildman–Crippen MR) is 74.3 cm³/mol. The highest BCUT2D eigenvalue weighted by Gasteiger charge is 2.22. The minimum absolute atomic E-state index is 0.0842. The number of aryl methyl sites for hydroxylation is 2. The molecule has 0 aliphatic rings. The third kappa shape index (κ3) is 2.35. The Morgan fingerprint density at radius 1 is 1.44 bits per heavy atom. The third-order valence-electron chi connectivity index (χ3n) is 2.99. The highest BCUT2D eigenvalue weighted by molar-refractivity contribution is 9.10. The Kier molecular flexibility index (Phi) is 4.19. The lowest BCUT2D eigenvalue weighted by Crippen LogP contribution is -2.24. The SMILES string of the molecule is CCCn1ncc(Br)c1C(NC)c1ccnn1C. The first-order valence-corrected chi connectivity index (χ1v) is 6.84. The molecule has 6 heteroatoms. The molecule has 0 aromatic carbocycles. The molecule has 0 fully saturated rings. The minimum atomic E-state index is 0.0842. The van der Waals surface area contributed by atoms with Crippen molar-refractivity contribution in [3.63, 3.8) is 0 Å². The lowest BCUT2D eigenvalue weighted by atomic mass is 10.1. The van der Waals surface area contributed by atoms with Crippen LogP contribution in [0.5, 0.6) is 0 Å². The van der Waals surface area contributed by atoms with Crippen molar-refractivity contribution in [3.8, 4) is 0 Å². The van der Waals surface area contributed by atoms with Crippen LogP contribution in [0.1, 0.15) is 30.8 Å². The van der Waals surface area contributed by atoms with Crippen LogP contribution in [0.25, 0.3) is 0 Å². The van der Waals surface area contributed by atoms with E-state index in [9.17, 15) is 0 Å². The van der Waals surface area contributed by atoms with Gasteiger partial charge in [-0.25, -0.2) is 0 Å². The van der Waals surface area contributed by atoms with Gasteiger partial charge in [0.25, 0.3) is 0 Å². The summed E-state index contributed by atoms with van der Waals surface area (Å²) in [6.45, 7) is 3.06. The van der Waals surface area contributed by atoms with E-state index in [1.54, 1.807) is 0 Å². The summed E-state index contributed by atoms with van der Waals surface area (Å²) in [6.07, 6.45) is 4.72. The average Bonchev–Trinajstić information content (AvgIpc) is 2.91. The lowest BCUT2D eigenvalue weighted by molar-refractivity contribution is 0.514. The first-order valence-electron chi connectivity index (χ1n) is 6.05. The van der Waals surface area contributed by atoms with Gasteiger partial charge in [-0.2, -0.15) is 10.2 Å². The van der Waals surface area contributed by atoms with E-state index in [1.165, 1.54) is 0 Å². The number of hydrogen-bond donors (Lipinski definition) is 1. The van der Waals surface area contributed by atoms with Crippen LogP contribution in [-0.4, -0.2) is 26.6 Å². The van der Waals surface area contributed by atoms with Crippen LogP contribution >= 0.6 is 15.9 Å². The molecule has 2 aromatic rings. The monoisotopic (exact) mass is 311 g/mol. The van der Waals surface area contributed by atoms with Gasteiger partial charge in [-0.05, 0) is 35.5 Å². The van der Waals surface area contributed by atoms with Crippen LogP contribution in [-0.2, 0) is 13.6 Å². The molecule has 2 rings (SSSR count). The van der Waals surface area contributed by atoms with E-state index in [-0.39, 0.29) is 6.04 Å². The molecule has 0 bridgehead atoms. The van der Waals surface area contributed by atoms with Crippen molar-refractivity contribution in [1.82, 2.24) is 24.9 Å². The number of nitrogens with zero attached hydrogens (tertiary/aromatic N) is 4. The fourth-order valence-corrected chi connectivity index (χ4v) is 2.67. The molecule has 5 nitrogen and oxygen atoms in total. The van der Waals surface area contributed by atoms with Gasteiger partial charge < -0.3 is 5.32 Å². The molecule has 0 aliphatic heterocycles. The van der Waals surface area contributed by atoms with Crippen LogP contribution in [0.15, 0.2) is 22.9 Å². The molecule has 0 amide bonds. The van der Waals surface area contributed by atoms with Gasteiger partial charge in [0.2, 0.25) is 0 Å². The van der Waals surface area contributed by atoms with Crippen LogP contribution < -0.4 is 5.32 Å². The first kappa shape index (κ1) is 13.3. The van der Waals surface area contributed by atoms with E-state index >= 15 is 0 Å². The highest BCUT2D eigenvalue weighted by Crippen LogP contribution is 2.28. The van der Waals surface area contributed by atoms with Crippen molar-refractivity contribution in [1.29, 1.82) is 0 Å². The summed E-state index contributed by atoms with van der Waals surface area (Å²) in [6, 6.07) is 2.11. The van der Waals surface area contributed by atoms with Crippen molar-refractivity contribution < 1.29 is 0 Å². The standard InChI is InChI=1S/C12H18BrN5/c1-4-7-18-12(9(13)8-16-18)11(14-2)10-5-6-15-17(10)3/h5-6,8,11,14H,4,7H2,1-3H3. The van der Waals surface area contributed by atoms with Crippen molar-refractivity contribution in [2.75, 3.05) is 7.05 Å². The summed E-state index contributed by atoms with van der Waals surface area (Å²) in [5.41, 5.74) is 2.26. The number of aromatic nitrogens is 4. The van der Waals surface area contributed by atoms with Crippen LogP contribution in [0.2, 0.25) is 0 Å². The van der Waals surface area contributed by atoms with E-state index < -0.39 is 0 Å². The Morgan fingerprint density at radius 3 is 2.78 bits per heavy atom. The molecule has 2 heterocycles. The maximum atomic E-state index is 4.41. The van der Waals surface area contributed by atoms with Gasteiger partial charge >= 0.3 is 0 Å². The molecule has 0 saturated carbocycles. The average molecular weight is 312 g/mol. The van der Waals surface area contributed by atoms with Gasteiger partial charge in [0.05, 0.1) is 28.1 Å². The molecule has 0 saturated heterocycles. The van der Waals surface area contributed by atoms with Crippen LogP contribution in [0.4, 0.5) is 0 Å². The predicted octanol–water partition coefficient (Wildman–Crippen LogP) is 2.10. The second kappa shape index (κ2) is 5.67. The number of nitrogens with one attached hydrogen (secondary N) is 1. The largest absolute Gasteiger partial charge is 0.307 e. The van der Waals surface area contributed by atoms with Crippen molar-refractivity contribution >= 4 is 15.9 Å². The Labute approximate surface area is 115 Å². The number of rotatable bonds is 5. The summed E-state index contributed by atoms with van der Waals surface area (Å²) in [4.78, 5) is 0. The van der Waals surface area contributed by atoms with E-state index in [0.29, 0.717) is 0 Å². The highest BCUT2D eigenvalue weighted by atomic mass is 79.9. The maximum Gasteiger partial charge on any atom is 0.0927 e. The molecule has 1 unspecified atom stereocenters. The molecular formula is C12H18BrN5. The Hall–Kier alpha value is -1.14. The van der Waals surface area contributed by atoms with E-state index in [1.807, 2.05) is 41.9 Å². The van der Waals surface area contributed by atoms with Gasteiger partial charge in [0.1, 0.15) is 0 Å². The van der Waals surface area contributed by atoms with Crippen LogP contribution in [0, 0.1) is 0 Å². The van der Waals surface area contributed by atoms with E-state index in [4.69, 9.17) is 0 Å². The smallest absolute Gasteiger partial charge is 0.0927 e. The summed E-state index contributed by atoms with van der Waals surface area (Å²) in [5.74, 6) is 0. The minimum Gasteiger partial charge on any atom is -0.307 e. The molecule has 0 aliphatic carbocycles. The maximum absolute atomic E-state index is 4.41. The van der Waals surface area contributed by atoms with Crippen molar-refractivity contribution in [2.24, 2.45) is 7.05 Å². The summed E-state index contributed by atoms with van der Waals surface area (Å²) in [7, 11) is 3.90. The van der Waals surface area contributed by atoms with Gasteiger partial charge in [-0.1, -0.05) is 6.92 Å². The second-order valence-corrected chi connectivity index (χ2v) is 5.06. The lowest BCUT2D eigenvalue weighted by Gasteiger charge is -2.19. The van der Waals surface area contributed by atoms with Crippen molar-refractivity contribution in [3.05, 3.63) is 34.3 Å². The summed E-state index contributed by atoms with van der Waals surface area (Å²) in [5, 5.41) is 12.0. The molecule has 0 spiro atoms. The number of halogens is 1. The molecule has 18 heavy (non-hydrogen) atoms. The van der Waals surface area contributed by atoms with E-state index in [0.717, 1.165) is 28.8 Å². The fraction of sp³-hybridized carbons (Fsp3) is 0.500. The summed E-state index contributed by atoms with van der Waals surface area (Å²) < 4.78 is 4.95. The molecule has 2 aromatic heterocycles. The van der Waals surface area contributed by atoms with Crippen LogP contribution in [0.3, 0.4) is 0 Å². The molecule has 98 valence electrons. The van der Waals surface area contributed by atoms with Gasteiger partial charge in [-0.3, -0.25) is 9.36 Å². The topological polar surface area (TPSA) is 47.7 Å². The summed E-state index contributed by atoms with van der Waals surface area (Å²) >= 11 is 3.59. The zero-order valence-corrected chi connectivity index (χ0v) is 12.5.